The van der Waals surface area contributed by atoms with Gasteiger partial charge in [-0.25, -0.2) is 0 Å². The molecule has 0 aliphatic rings. The molecule has 1 atom stereocenters. The van der Waals surface area contributed by atoms with Gasteiger partial charge >= 0.3 is 0 Å². The molecule has 5 nitrogen and oxygen atoms in total. The maximum Gasteiger partial charge on any atom is 0.277 e. The summed E-state index contributed by atoms with van der Waals surface area (Å²) in [5.74, 6) is 1.16. The van der Waals surface area contributed by atoms with E-state index >= 15 is 0 Å². The van der Waals surface area contributed by atoms with Crippen LogP contribution < -0.4 is 0 Å². The van der Waals surface area contributed by atoms with Crippen LogP contribution in [0, 0.1) is 6.92 Å². The molecular weight excluding hydrogens is 324 g/mol. The number of carbonyl (C=O) groups excluding carboxylic acids is 1. The van der Waals surface area contributed by atoms with Crippen LogP contribution in [0.15, 0.2) is 50.7 Å². The molecule has 2 aromatic heterocycles. The molecule has 124 valence electrons. The van der Waals surface area contributed by atoms with Crippen LogP contribution in [0.4, 0.5) is 0 Å². The molecule has 1 unspecified atom stereocenters. The SMILES string of the molecule is CCc1ccc(C(=O)C(C)Sc2nnc(-c3ccoc3C)o2)cc1. The van der Waals surface area contributed by atoms with Crippen molar-refractivity contribution < 1.29 is 13.6 Å². The lowest BCUT2D eigenvalue weighted by molar-refractivity contribution is 0.0993. The minimum Gasteiger partial charge on any atom is -0.469 e. The first kappa shape index (κ1) is 16.5. The number of benzene rings is 1. The van der Waals surface area contributed by atoms with Gasteiger partial charge in [0, 0.05) is 5.56 Å². The van der Waals surface area contributed by atoms with Crippen molar-refractivity contribution in [3.63, 3.8) is 0 Å². The summed E-state index contributed by atoms with van der Waals surface area (Å²) >= 11 is 1.26. The molecule has 6 heteroatoms. The standard InChI is InChI=1S/C18H18N2O3S/c1-4-13-5-7-14(8-6-13)16(21)12(3)24-18-20-19-17(23-18)15-9-10-22-11(15)2/h5-10,12H,4H2,1-3H3. The summed E-state index contributed by atoms with van der Waals surface area (Å²) in [5.41, 5.74) is 2.67. The predicted octanol–water partition coefficient (Wildman–Crippen LogP) is 4.56. The van der Waals surface area contributed by atoms with Gasteiger partial charge < -0.3 is 8.83 Å². The van der Waals surface area contributed by atoms with E-state index in [1.165, 1.54) is 17.3 Å². The highest BCUT2D eigenvalue weighted by Gasteiger charge is 2.20. The van der Waals surface area contributed by atoms with Crippen molar-refractivity contribution in [2.45, 2.75) is 37.7 Å². The first-order valence-corrected chi connectivity index (χ1v) is 8.64. The number of aryl methyl sites for hydroxylation is 2. The lowest BCUT2D eigenvalue weighted by atomic mass is 10.1. The Morgan fingerprint density at radius 1 is 1.21 bits per heavy atom. The third-order valence-corrected chi connectivity index (χ3v) is 4.72. The van der Waals surface area contributed by atoms with Gasteiger partial charge in [-0.3, -0.25) is 4.79 Å². The topological polar surface area (TPSA) is 69.1 Å². The third kappa shape index (κ3) is 3.43. The summed E-state index contributed by atoms with van der Waals surface area (Å²) in [6.45, 7) is 5.76. The first-order valence-electron chi connectivity index (χ1n) is 7.76. The molecule has 24 heavy (non-hydrogen) atoms. The lowest BCUT2D eigenvalue weighted by Gasteiger charge is -2.08. The van der Waals surface area contributed by atoms with E-state index in [1.807, 2.05) is 38.1 Å². The fourth-order valence-corrected chi connectivity index (χ4v) is 3.08. The third-order valence-electron chi connectivity index (χ3n) is 3.79. The molecule has 2 heterocycles. The van der Waals surface area contributed by atoms with Crippen LogP contribution in [0.3, 0.4) is 0 Å². The molecule has 3 aromatic rings. The Kier molecular flexibility index (Phi) is 4.85. The van der Waals surface area contributed by atoms with Crippen LogP contribution >= 0.6 is 11.8 Å². The van der Waals surface area contributed by atoms with Crippen LogP contribution in [-0.4, -0.2) is 21.2 Å². The van der Waals surface area contributed by atoms with Crippen molar-refractivity contribution >= 4 is 17.5 Å². The highest BCUT2D eigenvalue weighted by atomic mass is 32.2. The van der Waals surface area contributed by atoms with E-state index in [0.29, 0.717) is 16.7 Å². The molecule has 0 saturated carbocycles. The van der Waals surface area contributed by atoms with Crippen LogP contribution in [0.25, 0.3) is 11.5 Å². The highest BCUT2D eigenvalue weighted by molar-refractivity contribution is 8.00. The molecule has 0 bridgehead atoms. The van der Waals surface area contributed by atoms with Crippen LogP contribution in [0.1, 0.15) is 35.5 Å². The van der Waals surface area contributed by atoms with Crippen molar-refractivity contribution in [3.05, 3.63) is 53.5 Å². The molecule has 1 aromatic carbocycles. The van der Waals surface area contributed by atoms with Crippen molar-refractivity contribution in [3.8, 4) is 11.5 Å². The zero-order chi connectivity index (χ0) is 17.1. The number of carbonyl (C=O) groups is 1. The average molecular weight is 342 g/mol. The van der Waals surface area contributed by atoms with Crippen LogP contribution in [0.2, 0.25) is 0 Å². The Bertz CT molecular complexity index is 836. The van der Waals surface area contributed by atoms with Crippen molar-refractivity contribution in [1.29, 1.82) is 0 Å². The molecule has 0 aliphatic carbocycles. The predicted molar refractivity (Wildman–Crippen MR) is 92.2 cm³/mol. The second-order valence-electron chi connectivity index (χ2n) is 5.44. The smallest absolute Gasteiger partial charge is 0.277 e. The average Bonchev–Trinajstić information content (AvgIpc) is 3.22. The monoisotopic (exact) mass is 342 g/mol. The van der Waals surface area contributed by atoms with Gasteiger partial charge in [0.1, 0.15) is 5.76 Å². The van der Waals surface area contributed by atoms with Gasteiger partial charge in [-0.1, -0.05) is 43.0 Å². The molecule has 0 amide bonds. The zero-order valence-electron chi connectivity index (χ0n) is 13.8. The van der Waals surface area contributed by atoms with E-state index in [4.69, 9.17) is 8.83 Å². The molecule has 0 aliphatic heterocycles. The number of Topliss-reactive ketones (excluding diaryl/α,β-unsaturated/α-hetero) is 1. The fourth-order valence-electron chi connectivity index (χ4n) is 2.32. The Morgan fingerprint density at radius 3 is 2.58 bits per heavy atom. The maximum atomic E-state index is 12.5. The van der Waals surface area contributed by atoms with Gasteiger partial charge in [0.25, 0.3) is 11.1 Å². The van der Waals surface area contributed by atoms with E-state index in [2.05, 4.69) is 17.1 Å². The summed E-state index contributed by atoms with van der Waals surface area (Å²) in [6, 6.07) is 9.48. The van der Waals surface area contributed by atoms with E-state index in [0.717, 1.165) is 17.7 Å². The second kappa shape index (κ2) is 7.05. The van der Waals surface area contributed by atoms with Gasteiger partial charge in [-0.2, -0.15) is 0 Å². The summed E-state index contributed by atoms with van der Waals surface area (Å²) in [4.78, 5) is 12.5. The van der Waals surface area contributed by atoms with Gasteiger partial charge in [-0.05, 0) is 31.9 Å². The maximum absolute atomic E-state index is 12.5. The number of rotatable bonds is 6. The minimum absolute atomic E-state index is 0.0434. The number of furan rings is 1. The summed E-state index contributed by atoms with van der Waals surface area (Å²) in [7, 11) is 0. The second-order valence-corrected chi connectivity index (χ2v) is 6.73. The largest absolute Gasteiger partial charge is 0.469 e. The molecule has 0 radical (unpaired) electrons. The molecular formula is C18H18N2O3S. The van der Waals surface area contributed by atoms with Crippen LogP contribution in [0.5, 0.6) is 0 Å². The Morgan fingerprint density at radius 2 is 1.96 bits per heavy atom. The van der Waals surface area contributed by atoms with Gasteiger partial charge in [0.15, 0.2) is 5.78 Å². The normalized spacial score (nSPS) is 12.3. The van der Waals surface area contributed by atoms with Crippen LogP contribution in [-0.2, 0) is 6.42 Å². The summed E-state index contributed by atoms with van der Waals surface area (Å²) in [6.07, 6.45) is 2.53. The Labute approximate surface area is 144 Å². The quantitative estimate of drug-likeness (QED) is 0.483. The van der Waals surface area contributed by atoms with E-state index in [1.54, 1.807) is 12.3 Å². The molecule has 3 rings (SSSR count). The summed E-state index contributed by atoms with van der Waals surface area (Å²) in [5, 5.41) is 8.09. The molecule has 0 N–H and O–H groups in total. The van der Waals surface area contributed by atoms with E-state index < -0.39 is 0 Å². The summed E-state index contributed by atoms with van der Waals surface area (Å²) < 4.78 is 10.9. The molecule has 0 saturated heterocycles. The number of aromatic nitrogens is 2. The van der Waals surface area contributed by atoms with Crippen molar-refractivity contribution in [2.24, 2.45) is 0 Å². The highest BCUT2D eigenvalue weighted by Crippen LogP contribution is 2.29. The van der Waals surface area contributed by atoms with E-state index in [9.17, 15) is 4.79 Å². The first-order chi connectivity index (χ1) is 11.6. The van der Waals surface area contributed by atoms with E-state index in [-0.39, 0.29) is 11.0 Å². The van der Waals surface area contributed by atoms with Crippen molar-refractivity contribution in [2.75, 3.05) is 0 Å². The molecule has 0 spiro atoms. The molecule has 0 fully saturated rings. The minimum atomic E-state index is -0.309. The number of ketones is 1. The lowest BCUT2D eigenvalue weighted by Crippen LogP contribution is -2.13. The Balaban J connectivity index is 1.70. The zero-order valence-corrected chi connectivity index (χ0v) is 14.6. The number of hydrogen-bond donors (Lipinski definition) is 0. The van der Waals surface area contributed by atoms with Gasteiger partial charge in [0.2, 0.25) is 0 Å². The number of hydrogen-bond acceptors (Lipinski definition) is 6. The Hall–Kier alpha value is -2.34. The van der Waals surface area contributed by atoms with Gasteiger partial charge in [0.05, 0.1) is 17.1 Å². The fraction of sp³-hybridized carbons (Fsp3) is 0.278. The van der Waals surface area contributed by atoms with Crippen molar-refractivity contribution in [1.82, 2.24) is 10.2 Å². The number of thioether (sulfide) groups is 1. The number of nitrogens with zero attached hydrogens (tertiary/aromatic N) is 2. The van der Waals surface area contributed by atoms with Gasteiger partial charge in [-0.15, -0.1) is 10.2 Å².